The Morgan fingerprint density at radius 1 is 0.969 bits per heavy atom. The van der Waals surface area contributed by atoms with Crippen LogP contribution in [0.5, 0.6) is 5.75 Å². The Morgan fingerprint density at radius 3 is 2.44 bits per heavy atom. The highest BCUT2D eigenvalue weighted by molar-refractivity contribution is 7.22. The first-order valence-corrected chi connectivity index (χ1v) is 10.9. The molecule has 0 saturated heterocycles. The Kier molecular flexibility index (Phi) is 5.45. The number of imidazole rings is 1. The van der Waals surface area contributed by atoms with E-state index in [1.165, 1.54) is 11.3 Å². The van der Waals surface area contributed by atoms with Gasteiger partial charge in [0.15, 0.2) is 0 Å². The topological polar surface area (TPSA) is 80.4 Å². The van der Waals surface area contributed by atoms with Crippen LogP contribution in [0.15, 0.2) is 73.2 Å². The van der Waals surface area contributed by atoms with Gasteiger partial charge in [-0.3, -0.25) is 4.57 Å². The van der Waals surface area contributed by atoms with Crippen LogP contribution in [0.1, 0.15) is 11.1 Å². The first-order chi connectivity index (χ1) is 15.7. The molecule has 0 unspecified atom stereocenters. The quantitative estimate of drug-likeness (QED) is 0.394. The van der Waals surface area contributed by atoms with E-state index in [1.54, 1.807) is 7.11 Å². The van der Waals surface area contributed by atoms with E-state index in [0.29, 0.717) is 16.9 Å². The lowest BCUT2D eigenvalue weighted by Gasteiger charge is -2.11. The van der Waals surface area contributed by atoms with Crippen LogP contribution in [-0.4, -0.2) is 31.9 Å². The first kappa shape index (κ1) is 20.4. The molecule has 160 valence electrons. The normalized spacial score (nSPS) is 11.2. The molecule has 7 heteroatoms. The monoisotopic (exact) mass is 443 g/mol. The summed E-state index contributed by atoms with van der Waals surface area (Å²) in [5.41, 5.74) is 6.08. The molecule has 0 fully saturated rings. The van der Waals surface area contributed by atoms with Gasteiger partial charge in [0.05, 0.1) is 48.8 Å². The minimum Gasteiger partial charge on any atom is -0.495 e. The molecule has 0 aliphatic carbocycles. The summed E-state index contributed by atoms with van der Waals surface area (Å²) in [6.07, 6.45) is 3.67. The van der Waals surface area contributed by atoms with E-state index in [0.717, 1.165) is 37.7 Å². The minimum atomic E-state index is -0.203. The lowest BCUT2D eigenvalue weighted by molar-refractivity contribution is 0.254. The van der Waals surface area contributed by atoms with Gasteiger partial charge in [0.25, 0.3) is 0 Å². The Morgan fingerprint density at radius 2 is 1.75 bits per heavy atom. The van der Waals surface area contributed by atoms with Crippen LogP contribution in [0.2, 0.25) is 0 Å². The maximum absolute atomic E-state index is 9.76. The molecule has 32 heavy (non-hydrogen) atoms. The van der Waals surface area contributed by atoms with Gasteiger partial charge < -0.3 is 14.9 Å². The fraction of sp³-hybridized carbons (Fsp3) is 0.120. The summed E-state index contributed by atoms with van der Waals surface area (Å²) in [5, 5.41) is 20.3. The lowest BCUT2D eigenvalue weighted by atomic mass is 10.1. The van der Waals surface area contributed by atoms with Crippen molar-refractivity contribution in [2.75, 3.05) is 7.11 Å². The number of rotatable bonds is 6. The van der Waals surface area contributed by atoms with E-state index < -0.39 is 0 Å². The third-order valence-electron chi connectivity index (χ3n) is 5.47. The van der Waals surface area contributed by atoms with E-state index in [-0.39, 0.29) is 13.2 Å². The number of ether oxygens (including phenoxy) is 1. The average Bonchev–Trinajstić information content (AvgIpc) is 3.50. The van der Waals surface area contributed by atoms with Crippen LogP contribution < -0.4 is 4.74 Å². The summed E-state index contributed by atoms with van der Waals surface area (Å²) in [4.78, 5) is 9.09. The van der Waals surface area contributed by atoms with Crippen molar-refractivity contribution < 1.29 is 14.9 Å². The van der Waals surface area contributed by atoms with Crippen molar-refractivity contribution in [3.63, 3.8) is 0 Å². The van der Waals surface area contributed by atoms with Crippen LogP contribution in [0.25, 0.3) is 37.7 Å². The van der Waals surface area contributed by atoms with Gasteiger partial charge >= 0.3 is 0 Å². The van der Waals surface area contributed by atoms with Crippen molar-refractivity contribution in [2.45, 2.75) is 13.2 Å². The van der Waals surface area contributed by atoms with Crippen molar-refractivity contribution in [2.24, 2.45) is 0 Å². The SMILES string of the molecule is COc1c(CO)c(CO)cc2nc(-c3ccc(-n4cncc4-c4ccccc4)cc3)sc12. The van der Waals surface area contributed by atoms with Crippen LogP contribution in [0.4, 0.5) is 0 Å². The molecule has 2 aromatic heterocycles. The second kappa shape index (κ2) is 8.55. The van der Waals surface area contributed by atoms with E-state index in [4.69, 9.17) is 9.72 Å². The van der Waals surface area contributed by atoms with E-state index >= 15 is 0 Å². The molecule has 2 heterocycles. The fourth-order valence-corrected chi connectivity index (χ4v) is 4.97. The van der Waals surface area contributed by atoms with Crippen molar-refractivity contribution >= 4 is 21.6 Å². The second-order valence-corrected chi connectivity index (χ2v) is 8.29. The highest BCUT2D eigenvalue weighted by atomic mass is 32.1. The molecule has 6 nitrogen and oxygen atoms in total. The predicted molar refractivity (Wildman–Crippen MR) is 126 cm³/mol. The van der Waals surface area contributed by atoms with Gasteiger partial charge in [0.2, 0.25) is 0 Å². The zero-order valence-corrected chi connectivity index (χ0v) is 18.2. The smallest absolute Gasteiger partial charge is 0.144 e. The average molecular weight is 444 g/mol. The highest BCUT2D eigenvalue weighted by Gasteiger charge is 2.18. The molecule has 0 aliphatic rings. The van der Waals surface area contributed by atoms with Gasteiger partial charge in [-0.15, -0.1) is 11.3 Å². The van der Waals surface area contributed by atoms with Crippen LogP contribution in [-0.2, 0) is 13.2 Å². The number of benzene rings is 3. The Labute approximate surface area is 189 Å². The third-order valence-corrected chi connectivity index (χ3v) is 6.58. The van der Waals surface area contributed by atoms with E-state index in [9.17, 15) is 10.2 Å². The third kappa shape index (κ3) is 3.46. The molecular formula is C25H21N3O3S. The summed E-state index contributed by atoms with van der Waals surface area (Å²) < 4.78 is 8.47. The molecule has 0 aliphatic heterocycles. The maximum Gasteiger partial charge on any atom is 0.144 e. The number of hydrogen-bond donors (Lipinski definition) is 2. The zero-order chi connectivity index (χ0) is 22.1. The first-order valence-electron chi connectivity index (χ1n) is 10.1. The molecule has 0 radical (unpaired) electrons. The van der Waals surface area contributed by atoms with Gasteiger partial charge in [-0.05, 0) is 35.9 Å². The lowest BCUT2D eigenvalue weighted by Crippen LogP contribution is -1.99. The summed E-state index contributed by atoms with van der Waals surface area (Å²) in [5.74, 6) is 0.570. The van der Waals surface area contributed by atoms with Gasteiger partial charge in [-0.25, -0.2) is 9.97 Å². The summed E-state index contributed by atoms with van der Waals surface area (Å²) in [7, 11) is 1.57. The molecule has 0 amide bonds. The number of hydrogen-bond acceptors (Lipinski definition) is 6. The maximum atomic E-state index is 9.76. The number of aromatic nitrogens is 3. The molecule has 2 N–H and O–H groups in total. The van der Waals surface area contributed by atoms with Gasteiger partial charge in [0.1, 0.15) is 10.8 Å². The van der Waals surface area contributed by atoms with Crippen LogP contribution in [0.3, 0.4) is 0 Å². The second-order valence-electron chi connectivity index (χ2n) is 7.29. The molecule has 0 spiro atoms. The minimum absolute atomic E-state index is 0.182. The highest BCUT2D eigenvalue weighted by Crippen LogP contribution is 2.40. The van der Waals surface area contributed by atoms with Gasteiger partial charge in [0, 0.05) is 22.4 Å². The summed E-state index contributed by atoms with van der Waals surface area (Å²) in [6.45, 7) is -0.385. The van der Waals surface area contributed by atoms with E-state index in [1.807, 2.05) is 61.1 Å². The molecule has 0 atom stereocenters. The summed E-state index contributed by atoms with van der Waals surface area (Å²) in [6, 6.07) is 20.1. The Bertz CT molecular complexity index is 1380. The standard InChI is InChI=1S/C25H21N3O3S/c1-31-23-20(14-30)18(13-29)11-21-24(23)32-25(27-21)17-7-9-19(10-8-17)28-15-26-12-22(28)16-5-3-2-4-6-16/h2-12,15,29-30H,13-14H2,1H3. The number of thiazole rings is 1. The van der Waals surface area contributed by atoms with Gasteiger partial charge in [-0.1, -0.05) is 30.3 Å². The van der Waals surface area contributed by atoms with Crippen molar-refractivity contribution in [1.29, 1.82) is 0 Å². The predicted octanol–water partition coefficient (Wildman–Crippen LogP) is 4.81. The van der Waals surface area contributed by atoms with Crippen molar-refractivity contribution in [1.82, 2.24) is 14.5 Å². The van der Waals surface area contributed by atoms with Crippen LogP contribution >= 0.6 is 11.3 Å². The Balaban J connectivity index is 1.53. The number of aliphatic hydroxyl groups excluding tert-OH is 2. The molecule has 0 bridgehead atoms. The zero-order valence-electron chi connectivity index (χ0n) is 17.4. The molecule has 0 saturated carbocycles. The number of nitrogens with zero attached hydrogens (tertiary/aromatic N) is 3. The van der Waals surface area contributed by atoms with Gasteiger partial charge in [-0.2, -0.15) is 0 Å². The molecular weight excluding hydrogens is 422 g/mol. The van der Waals surface area contributed by atoms with E-state index in [2.05, 4.69) is 21.7 Å². The summed E-state index contributed by atoms with van der Waals surface area (Å²) >= 11 is 1.51. The molecule has 3 aromatic carbocycles. The number of aliphatic hydroxyl groups is 2. The Hall–Kier alpha value is -3.52. The van der Waals surface area contributed by atoms with Crippen molar-refractivity contribution in [3.05, 3.63) is 84.3 Å². The molecule has 5 aromatic rings. The van der Waals surface area contributed by atoms with Crippen molar-refractivity contribution in [3.8, 4) is 33.3 Å². The van der Waals surface area contributed by atoms with Crippen LogP contribution in [0, 0.1) is 0 Å². The fourth-order valence-electron chi connectivity index (χ4n) is 3.87. The largest absolute Gasteiger partial charge is 0.495 e. The number of methoxy groups -OCH3 is 1. The number of fused-ring (bicyclic) bond motifs is 1. The molecule has 5 rings (SSSR count).